The third kappa shape index (κ3) is 3.92. The van der Waals surface area contributed by atoms with Gasteiger partial charge in [0.25, 0.3) is 0 Å². The van der Waals surface area contributed by atoms with E-state index in [1.807, 2.05) is 6.07 Å². The number of rotatable bonds is 4. The molecular weight excluding hydrogens is 386 g/mol. The van der Waals surface area contributed by atoms with Crippen LogP contribution in [0.4, 0.5) is 10.6 Å². The number of hydrogen-bond donors (Lipinski definition) is 1. The third-order valence-corrected chi connectivity index (χ3v) is 6.35. The van der Waals surface area contributed by atoms with Crippen molar-refractivity contribution >= 4 is 28.7 Å². The van der Waals surface area contributed by atoms with Crippen LogP contribution in [0.5, 0.6) is 0 Å². The number of urea groups is 1. The normalized spacial score (nSPS) is 22.6. The van der Waals surface area contributed by atoms with Gasteiger partial charge in [-0.3, -0.25) is 24.8 Å². The second kappa shape index (κ2) is 8.33. The molecule has 30 heavy (non-hydrogen) atoms. The largest absolute Gasteiger partial charge is 0.381 e. The number of carbonyl (C=O) groups is 2. The van der Waals surface area contributed by atoms with E-state index in [0.717, 1.165) is 64.2 Å². The van der Waals surface area contributed by atoms with Gasteiger partial charge in [-0.15, -0.1) is 0 Å². The fourth-order valence-corrected chi connectivity index (χ4v) is 4.63. The van der Waals surface area contributed by atoms with E-state index in [0.29, 0.717) is 24.0 Å². The van der Waals surface area contributed by atoms with Gasteiger partial charge < -0.3 is 9.26 Å². The van der Waals surface area contributed by atoms with Gasteiger partial charge in [-0.2, -0.15) is 0 Å². The Bertz CT molecular complexity index is 931. The lowest BCUT2D eigenvalue weighted by Crippen LogP contribution is -2.51. The molecule has 3 fully saturated rings. The first-order valence-corrected chi connectivity index (χ1v) is 10.7. The first-order chi connectivity index (χ1) is 14.7. The molecule has 1 N–H and O–H groups in total. The highest BCUT2D eigenvalue weighted by atomic mass is 16.5. The Kier molecular flexibility index (Phi) is 5.41. The van der Waals surface area contributed by atoms with Crippen molar-refractivity contribution in [3.05, 3.63) is 23.8 Å². The minimum Gasteiger partial charge on any atom is -0.381 e. The van der Waals surface area contributed by atoms with Crippen molar-refractivity contribution in [1.82, 2.24) is 20.3 Å². The fourth-order valence-electron chi connectivity index (χ4n) is 4.63. The number of benzene rings is 1. The van der Waals surface area contributed by atoms with Crippen molar-refractivity contribution in [3.63, 3.8) is 0 Å². The van der Waals surface area contributed by atoms with Crippen LogP contribution < -0.4 is 10.2 Å². The summed E-state index contributed by atoms with van der Waals surface area (Å²) in [6.07, 6.45) is 2.54. The van der Waals surface area contributed by atoms with Crippen molar-refractivity contribution in [2.45, 2.75) is 31.8 Å². The van der Waals surface area contributed by atoms with Crippen LogP contribution in [0.2, 0.25) is 0 Å². The average molecular weight is 413 g/mol. The summed E-state index contributed by atoms with van der Waals surface area (Å²) in [5.74, 6) is 0.214. The van der Waals surface area contributed by atoms with Crippen LogP contribution in [0.1, 0.15) is 24.8 Å². The molecule has 0 bridgehead atoms. The Morgan fingerprint density at radius 2 is 1.87 bits per heavy atom. The molecule has 0 spiro atoms. The number of anilines is 1. The van der Waals surface area contributed by atoms with Crippen molar-refractivity contribution in [1.29, 1.82) is 0 Å². The summed E-state index contributed by atoms with van der Waals surface area (Å²) in [5, 5.41) is 7.24. The zero-order valence-electron chi connectivity index (χ0n) is 17.0. The summed E-state index contributed by atoms with van der Waals surface area (Å²) in [4.78, 5) is 30.2. The molecule has 9 nitrogen and oxygen atoms in total. The van der Waals surface area contributed by atoms with Crippen LogP contribution >= 0.6 is 0 Å². The predicted octanol–water partition coefficient (Wildman–Crippen LogP) is 1.57. The number of piperazine rings is 1. The molecule has 1 aromatic heterocycles. The lowest BCUT2D eigenvalue weighted by Gasteiger charge is -2.40. The van der Waals surface area contributed by atoms with Gasteiger partial charge in [0.15, 0.2) is 11.4 Å². The molecule has 4 heterocycles. The second-order valence-electron chi connectivity index (χ2n) is 8.25. The molecule has 0 aliphatic carbocycles. The number of imide groups is 1. The number of carbonyl (C=O) groups excluding carboxylic acids is 2. The molecule has 3 saturated heterocycles. The van der Waals surface area contributed by atoms with Gasteiger partial charge in [-0.1, -0.05) is 11.2 Å². The minimum absolute atomic E-state index is 0.260. The van der Waals surface area contributed by atoms with E-state index in [-0.39, 0.29) is 12.3 Å². The van der Waals surface area contributed by atoms with Gasteiger partial charge in [-0.05, 0) is 30.5 Å². The topological polar surface area (TPSA) is 91.2 Å². The zero-order valence-corrected chi connectivity index (χ0v) is 17.0. The summed E-state index contributed by atoms with van der Waals surface area (Å²) in [6, 6.07) is 6.24. The maximum Gasteiger partial charge on any atom is 0.329 e. The molecule has 0 unspecified atom stereocenters. The number of hydrogen-bond acceptors (Lipinski definition) is 7. The molecule has 0 atom stereocenters. The molecule has 2 aromatic rings. The second-order valence-corrected chi connectivity index (χ2v) is 8.25. The molecule has 3 amide bonds. The van der Waals surface area contributed by atoms with Crippen LogP contribution in [-0.4, -0.2) is 78.9 Å². The van der Waals surface area contributed by atoms with Crippen molar-refractivity contribution in [2.75, 3.05) is 50.8 Å². The van der Waals surface area contributed by atoms with Gasteiger partial charge in [0.1, 0.15) is 0 Å². The standard InChI is InChI=1S/C21H27N5O4/c27-19-3-6-26(21(28)22-19)20-17-13-15(1-2-18(17)30-23-20)14-24-7-9-25(10-8-24)16-4-11-29-12-5-16/h1-2,13,16H,3-12,14H2,(H,22,27,28). The Morgan fingerprint density at radius 3 is 2.63 bits per heavy atom. The van der Waals surface area contributed by atoms with Crippen LogP contribution in [0.25, 0.3) is 11.0 Å². The van der Waals surface area contributed by atoms with E-state index >= 15 is 0 Å². The monoisotopic (exact) mass is 413 g/mol. The number of fused-ring (bicyclic) bond motifs is 1. The summed E-state index contributed by atoms with van der Waals surface area (Å²) in [5.41, 5.74) is 1.81. The van der Waals surface area contributed by atoms with E-state index in [4.69, 9.17) is 9.26 Å². The lowest BCUT2D eigenvalue weighted by molar-refractivity contribution is -0.120. The van der Waals surface area contributed by atoms with Crippen LogP contribution in [0.3, 0.4) is 0 Å². The first kappa shape index (κ1) is 19.5. The van der Waals surface area contributed by atoms with E-state index in [2.05, 4.69) is 32.4 Å². The lowest BCUT2D eigenvalue weighted by atomic mass is 10.1. The summed E-state index contributed by atoms with van der Waals surface area (Å²) in [6.45, 7) is 7.20. The molecule has 3 aliphatic heterocycles. The van der Waals surface area contributed by atoms with Crippen LogP contribution in [0, 0.1) is 0 Å². The molecule has 160 valence electrons. The van der Waals surface area contributed by atoms with Crippen molar-refractivity contribution in [2.24, 2.45) is 0 Å². The summed E-state index contributed by atoms with van der Waals surface area (Å²) >= 11 is 0. The van der Waals surface area contributed by atoms with Crippen molar-refractivity contribution < 1.29 is 18.8 Å². The summed E-state index contributed by atoms with van der Waals surface area (Å²) < 4.78 is 10.9. The SMILES string of the molecule is O=C1CCN(c2noc3ccc(CN4CCN(C5CCOCC5)CC4)cc23)C(=O)N1. The number of ether oxygens (including phenoxy) is 1. The van der Waals surface area contributed by atoms with E-state index in [1.165, 1.54) is 10.5 Å². The van der Waals surface area contributed by atoms with Gasteiger partial charge in [-0.25, -0.2) is 4.79 Å². The molecular formula is C21H27N5O4. The predicted molar refractivity (Wildman–Crippen MR) is 110 cm³/mol. The molecule has 1 aromatic carbocycles. The van der Waals surface area contributed by atoms with E-state index in [9.17, 15) is 9.59 Å². The molecule has 5 rings (SSSR count). The quantitative estimate of drug-likeness (QED) is 0.814. The van der Waals surface area contributed by atoms with Gasteiger partial charge in [0.2, 0.25) is 5.91 Å². The van der Waals surface area contributed by atoms with E-state index < -0.39 is 6.03 Å². The summed E-state index contributed by atoms with van der Waals surface area (Å²) in [7, 11) is 0. The Morgan fingerprint density at radius 1 is 1.07 bits per heavy atom. The Balaban J connectivity index is 1.25. The molecule has 0 radical (unpaired) electrons. The maximum absolute atomic E-state index is 12.2. The highest BCUT2D eigenvalue weighted by molar-refractivity contribution is 6.08. The molecule has 9 heteroatoms. The van der Waals surface area contributed by atoms with Crippen LogP contribution in [0.15, 0.2) is 22.7 Å². The molecule has 3 aliphatic rings. The van der Waals surface area contributed by atoms with Crippen molar-refractivity contribution in [3.8, 4) is 0 Å². The van der Waals surface area contributed by atoms with Gasteiger partial charge >= 0.3 is 6.03 Å². The Labute approximate surface area is 174 Å². The maximum atomic E-state index is 12.2. The molecule has 0 saturated carbocycles. The van der Waals surface area contributed by atoms with Gasteiger partial charge in [0.05, 0.1) is 5.39 Å². The number of nitrogens with zero attached hydrogens (tertiary/aromatic N) is 4. The van der Waals surface area contributed by atoms with Crippen LogP contribution in [-0.2, 0) is 16.1 Å². The third-order valence-electron chi connectivity index (χ3n) is 6.35. The average Bonchev–Trinajstić information content (AvgIpc) is 3.18. The minimum atomic E-state index is -0.448. The smallest absolute Gasteiger partial charge is 0.329 e. The highest BCUT2D eigenvalue weighted by Crippen LogP contribution is 2.29. The number of nitrogens with one attached hydrogen (secondary N) is 1. The van der Waals surface area contributed by atoms with E-state index in [1.54, 1.807) is 0 Å². The first-order valence-electron chi connectivity index (χ1n) is 10.7. The van der Waals surface area contributed by atoms with Gasteiger partial charge in [0, 0.05) is 64.9 Å². The zero-order chi connectivity index (χ0) is 20.5. The Hall–Kier alpha value is -2.49. The highest BCUT2D eigenvalue weighted by Gasteiger charge is 2.29. The number of aromatic nitrogens is 1. The fraction of sp³-hybridized carbons (Fsp3) is 0.571. The number of amides is 3.